The number of ketones is 2. The third-order valence-corrected chi connectivity index (χ3v) is 7.99. The molecule has 0 bridgehead atoms. The van der Waals surface area contributed by atoms with E-state index in [1.54, 1.807) is 19.1 Å². The van der Waals surface area contributed by atoms with Crippen LogP contribution in [0.25, 0.3) is 0 Å². The van der Waals surface area contributed by atoms with Gasteiger partial charge in [0.2, 0.25) is 11.8 Å². The molecule has 182 valence electrons. The molecule has 2 amide bonds. The highest BCUT2D eigenvalue weighted by atomic mass is 35.5. The van der Waals surface area contributed by atoms with Crippen LogP contribution < -0.4 is 4.74 Å². The summed E-state index contributed by atoms with van der Waals surface area (Å²) in [6, 6.07) is 3.18. The molecule has 1 N–H and O–H groups in total. The van der Waals surface area contributed by atoms with E-state index < -0.39 is 23.7 Å². The molecular formula is C27H26ClNO6. The van der Waals surface area contributed by atoms with Crippen molar-refractivity contribution in [3.05, 3.63) is 57.2 Å². The van der Waals surface area contributed by atoms with Crippen LogP contribution in [0.5, 0.6) is 11.5 Å². The summed E-state index contributed by atoms with van der Waals surface area (Å²) in [6.07, 6.45) is 4.60. The Kier molecular flexibility index (Phi) is 5.71. The number of phenols is 1. The number of carbonyl (C=O) groups excluding carboxylic acids is 4. The van der Waals surface area contributed by atoms with Crippen LogP contribution in [0.4, 0.5) is 0 Å². The molecule has 7 nitrogen and oxygen atoms in total. The average molecular weight is 496 g/mol. The standard InChI is InChI=1S/C27H26ClNO6/c1-4-7-29-26(33)15-6-5-14-16(22(15)27(29)34)11-17-23(19(30)8-12(2)24(17)31)21(14)13-9-18(28)25(32)20(10-13)35-3/h5,8-10,15-16,21-22,32H,4,6-7,11H2,1-3H3. The fourth-order valence-corrected chi connectivity index (χ4v) is 6.41. The number of likely N-dealkylation sites (tertiary alicyclic amines) is 1. The Hall–Kier alpha value is -3.19. The van der Waals surface area contributed by atoms with Crippen LogP contribution in [-0.2, 0) is 19.2 Å². The van der Waals surface area contributed by atoms with Gasteiger partial charge in [0, 0.05) is 29.2 Å². The number of carbonyl (C=O) groups is 4. The molecule has 1 saturated heterocycles. The van der Waals surface area contributed by atoms with Gasteiger partial charge in [-0.3, -0.25) is 24.1 Å². The lowest BCUT2D eigenvalue weighted by Crippen LogP contribution is -2.39. The molecule has 1 aliphatic heterocycles. The highest BCUT2D eigenvalue weighted by Gasteiger charge is 2.56. The number of hydrogen-bond donors (Lipinski definition) is 1. The highest BCUT2D eigenvalue weighted by Crippen LogP contribution is 2.56. The number of fused-ring (bicyclic) bond motifs is 3. The van der Waals surface area contributed by atoms with Gasteiger partial charge in [-0.25, -0.2) is 0 Å². The van der Waals surface area contributed by atoms with E-state index in [0.717, 1.165) is 5.57 Å². The van der Waals surface area contributed by atoms with Crippen molar-refractivity contribution in [2.75, 3.05) is 13.7 Å². The molecular weight excluding hydrogens is 470 g/mol. The third kappa shape index (κ3) is 3.39. The van der Waals surface area contributed by atoms with Crippen molar-refractivity contribution in [3.8, 4) is 11.5 Å². The number of imide groups is 1. The summed E-state index contributed by atoms with van der Waals surface area (Å²) in [5.41, 5.74) is 2.54. The first-order valence-electron chi connectivity index (χ1n) is 11.8. The summed E-state index contributed by atoms with van der Waals surface area (Å²) in [6.45, 7) is 3.90. The molecule has 35 heavy (non-hydrogen) atoms. The number of aromatic hydroxyl groups is 1. The monoisotopic (exact) mass is 495 g/mol. The lowest BCUT2D eigenvalue weighted by molar-refractivity contribution is -0.140. The number of ether oxygens (including phenoxy) is 1. The Bertz CT molecular complexity index is 1290. The third-order valence-electron chi connectivity index (χ3n) is 7.70. The number of methoxy groups -OCH3 is 1. The van der Waals surface area contributed by atoms with Crippen molar-refractivity contribution in [2.45, 2.75) is 39.0 Å². The normalized spacial score (nSPS) is 27.9. The van der Waals surface area contributed by atoms with E-state index in [4.69, 9.17) is 16.3 Å². The number of nitrogens with zero attached hydrogens (tertiary/aromatic N) is 1. The largest absolute Gasteiger partial charge is 0.503 e. The molecule has 4 unspecified atom stereocenters. The van der Waals surface area contributed by atoms with Crippen molar-refractivity contribution < 1.29 is 29.0 Å². The number of halogens is 1. The molecule has 0 saturated carbocycles. The van der Waals surface area contributed by atoms with E-state index in [0.29, 0.717) is 41.7 Å². The van der Waals surface area contributed by atoms with Gasteiger partial charge in [-0.1, -0.05) is 30.2 Å². The Morgan fingerprint density at radius 1 is 1.14 bits per heavy atom. The SMILES string of the molecule is CCCN1C(=O)C2CC=C3C(c4cc(Cl)c(O)c(OC)c4)C4=C(CC3C2C1=O)C(=O)C(C)=CC4=O. The molecule has 5 rings (SSSR count). The number of rotatable bonds is 4. The van der Waals surface area contributed by atoms with E-state index in [2.05, 4.69) is 0 Å². The van der Waals surface area contributed by atoms with Gasteiger partial charge < -0.3 is 9.84 Å². The quantitative estimate of drug-likeness (QED) is 0.386. The molecule has 4 aliphatic rings. The summed E-state index contributed by atoms with van der Waals surface area (Å²) in [7, 11) is 1.40. The molecule has 3 aliphatic carbocycles. The second kappa shape index (κ2) is 8.48. The number of allylic oxidation sites excluding steroid dienone is 6. The summed E-state index contributed by atoms with van der Waals surface area (Å²) < 4.78 is 5.30. The molecule has 0 spiro atoms. The Morgan fingerprint density at radius 2 is 1.89 bits per heavy atom. The smallest absolute Gasteiger partial charge is 0.233 e. The number of Topliss-reactive ketones (excluding diaryl/α,β-unsaturated/α-hetero) is 1. The van der Waals surface area contributed by atoms with E-state index in [1.165, 1.54) is 18.1 Å². The maximum atomic E-state index is 13.4. The summed E-state index contributed by atoms with van der Waals surface area (Å²) >= 11 is 6.31. The number of hydrogen-bond acceptors (Lipinski definition) is 6. The minimum atomic E-state index is -0.638. The average Bonchev–Trinajstić information content (AvgIpc) is 3.08. The summed E-state index contributed by atoms with van der Waals surface area (Å²) in [5, 5.41) is 10.3. The number of benzene rings is 1. The van der Waals surface area contributed by atoms with Gasteiger partial charge >= 0.3 is 0 Å². The molecule has 0 radical (unpaired) electrons. The minimum absolute atomic E-state index is 0.0560. The summed E-state index contributed by atoms with van der Waals surface area (Å²) in [4.78, 5) is 54.4. The Balaban J connectivity index is 1.70. The van der Waals surface area contributed by atoms with E-state index in [1.807, 2.05) is 13.0 Å². The van der Waals surface area contributed by atoms with Crippen molar-refractivity contribution >= 4 is 35.0 Å². The van der Waals surface area contributed by atoms with Crippen LogP contribution in [-0.4, -0.2) is 47.0 Å². The van der Waals surface area contributed by atoms with Crippen LogP contribution in [0.3, 0.4) is 0 Å². The number of amides is 2. The van der Waals surface area contributed by atoms with Gasteiger partial charge in [0.25, 0.3) is 0 Å². The molecule has 1 aromatic carbocycles. The van der Waals surface area contributed by atoms with Crippen LogP contribution in [0.15, 0.2) is 46.6 Å². The zero-order valence-electron chi connectivity index (χ0n) is 19.8. The van der Waals surface area contributed by atoms with Crippen molar-refractivity contribution in [1.82, 2.24) is 4.90 Å². The second-order valence-corrected chi connectivity index (χ2v) is 10.0. The minimum Gasteiger partial charge on any atom is -0.503 e. The van der Waals surface area contributed by atoms with E-state index in [-0.39, 0.29) is 46.3 Å². The predicted octanol–water partition coefficient (Wildman–Crippen LogP) is 3.89. The first-order chi connectivity index (χ1) is 16.7. The molecule has 1 aromatic rings. The second-order valence-electron chi connectivity index (χ2n) is 9.61. The number of phenolic OH excluding ortho intramolecular Hbond substituents is 1. The van der Waals surface area contributed by atoms with Gasteiger partial charge in [-0.15, -0.1) is 0 Å². The van der Waals surface area contributed by atoms with E-state index >= 15 is 0 Å². The van der Waals surface area contributed by atoms with Gasteiger partial charge in [0.15, 0.2) is 23.1 Å². The van der Waals surface area contributed by atoms with Gasteiger partial charge in [-0.05, 0) is 55.9 Å². The zero-order valence-corrected chi connectivity index (χ0v) is 20.5. The van der Waals surface area contributed by atoms with Crippen LogP contribution in [0.1, 0.15) is 44.6 Å². The molecule has 4 atom stereocenters. The molecule has 1 heterocycles. The maximum Gasteiger partial charge on any atom is 0.233 e. The van der Waals surface area contributed by atoms with Gasteiger partial charge in [0.1, 0.15) is 0 Å². The van der Waals surface area contributed by atoms with Gasteiger partial charge in [-0.2, -0.15) is 0 Å². The Labute approximate surface area is 208 Å². The Morgan fingerprint density at radius 3 is 2.57 bits per heavy atom. The topological polar surface area (TPSA) is 101 Å². The first kappa shape index (κ1) is 23.5. The molecule has 0 aromatic heterocycles. The maximum absolute atomic E-state index is 13.4. The highest BCUT2D eigenvalue weighted by molar-refractivity contribution is 6.32. The predicted molar refractivity (Wildman–Crippen MR) is 128 cm³/mol. The fraction of sp³-hybridized carbons (Fsp3) is 0.407. The van der Waals surface area contributed by atoms with E-state index in [9.17, 15) is 24.3 Å². The zero-order chi connectivity index (χ0) is 25.2. The lowest BCUT2D eigenvalue weighted by atomic mass is 9.59. The van der Waals surface area contributed by atoms with Crippen molar-refractivity contribution in [2.24, 2.45) is 17.8 Å². The van der Waals surface area contributed by atoms with Crippen LogP contribution in [0.2, 0.25) is 5.02 Å². The molecule has 1 fully saturated rings. The van der Waals surface area contributed by atoms with Crippen molar-refractivity contribution in [1.29, 1.82) is 0 Å². The van der Waals surface area contributed by atoms with Gasteiger partial charge in [0.05, 0.1) is 24.0 Å². The lowest BCUT2D eigenvalue weighted by Gasteiger charge is -2.42. The molecule has 8 heteroatoms. The van der Waals surface area contributed by atoms with Crippen molar-refractivity contribution in [3.63, 3.8) is 0 Å². The van der Waals surface area contributed by atoms with Crippen LogP contribution in [0, 0.1) is 17.8 Å². The first-order valence-corrected chi connectivity index (χ1v) is 12.2. The fourth-order valence-electron chi connectivity index (χ4n) is 6.19. The van der Waals surface area contributed by atoms with Crippen LogP contribution >= 0.6 is 11.6 Å². The summed E-state index contributed by atoms with van der Waals surface area (Å²) in [5.74, 6) is -2.98.